The van der Waals surface area contributed by atoms with E-state index in [0.717, 1.165) is 34.1 Å². The number of hydrogen-bond acceptors (Lipinski definition) is 4. The fraction of sp³-hybridized carbons (Fsp3) is 0.235. The molecular formula is C34H35F2N3O4S. The van der Waals surface area contributed by atoms with Gasteiger partial charge in [0, 0.05) is 18.5 Å². The van der Waals surface area contributed by atoms with Crippen molar-refractivity contribution >= 4 is 27.5 Å². The summed E-state index contributed by atoms with van der Waals surface area (Å²) in [6.07, 6.45) is 0.145. The highest BCUT2D eigenvalue weighted by Crippen LogP contribution is 2.25. The number of benzene rings is 4. The van der Waals surface area contributed by atoms with E-state index in [9.17, 15) is 26.8 Å². The topological polar surface area (TPSA) is 86.8 Å². The number of nitrogens with one attached hydrogen (secondary N) is 1. The smallest absolute Gasteiger partial charge is 0.264 e. The predicted molar refractivity (Wildman–Crippen MR) is 166 cm³/mol. The monoisotopic (exact) mass is 619 g/mol. The van der Waals surface area contributed by atoms with Gasteiger partial charge in [0.05, 0.1) is 10.6 Å². The number of para-hydroxylation sites is 1. The highest BCUT2D eigenvalue weighted by Gasteiger charge is 2.35. The summed E-state index contributed by atoms with van der Waals surface area (Å²) in [6, 6.07) is 26.1. The van der Waals surface area contributed by atoms with Crippen LogP contribution in [0.15, 0.2) is 114 Å². The fourth-order valence-corrected chi connectivity index (χ4v) is 6.06. The van der Waals surface area contributed by atoms with Crippen LogP contribution in [-0.4, -0.2) is 43.3 Å². The Morgan fingerprint density at radius 2 is 1.27 bits per heavy atom. The molecule has 0 radical (unpaired) electrons. The summed E-state index contributed by atoms with van der Waals surface area (Å²) in [4.78, 5) is 29.3. The molecule has 1 atom stereocenters. The van der Waals surface area contributed by atoms with Crippen LogP contribution in [0.4, 0.5) is 14.5 Å². The van der Waals surface area contributed by atoms with Crippen molar-refractivity contribution in [1.82, 2.24) is 10.2 Å². The molecule has 2 amide bonds. The van der Waals surface area contributed by atoms with Crippen LogP contribution >= 0.6 is 0 Å². The Bertz CT molecular complexity index is 1660. The number of nitrogens with zero attached hydrogens (tertiary/aromatic N) is 2. The van der Waals surface area contributed by atoms with Gasteiger partial charge < -0.3 is 10.2 Å². The zero-order valence-electron chi connectivity index (χ0n) is 24.8. The lowest BCUT2D eigenvalue weighted by Crippen LogP contribution is -2.56. The quantitative estimate of drug-likeness (QED) is 0.233. The number of rotatable bonds is 11. The Morgan fingerprint density at radius 3 is 1.82 bits per heavy atom. The van der Waals surface area contributed by atoms with E-state index in [4.69, 9.17) is 0 Å². The first-order chi connectivity index (χ1) is 20.8. The summed E-state index contributed by atoms with van der Waals surface area (Å²) < 4.78 is 56.2. The highest BCUT2D eigenvalue weighted by molar-refractivity contribution is 7.92. The first-order valence-corrected chi connectivity index (χ1v) is 15.5. The molecule has 0 saturated carbocycles. The van der Waals surface area contributed by atoms with Crippen molar-refractivity contribution in [2.45, 2.75) is 50.2 Å². The van der Waals surface area contributed by atoms with Gasteiger partial charge >= 0.3 is 0 Å². The number of hydrogen-bond donors (Lipinski definition) is 1. The largest absolute Gasteiger partial charge is 0.350 e. The van der Waals surface area contributed by atoms with E-state index >= 15 is 0 Å². The maximum Gasteiger partial charge on any atom is 0.264 e. The zero-order valence-corrected chi connectivity index (χ0v) is 25.6. The SMILES string of the molecule is CC(C)(C)NC(=O)C(Cc1ccccc1)N(Cc1ccc(F)cc1)C(=O)CN(c1ccccc1)S(=O)(=O)c1ccc(F)cc1. The van der Waals surface area contributed by atoms with Crippen LogP contribution in [0.2, 0.25) is 0 Å². The molecule has 1 unspecified atom stereocenters. The molecule has 0 heterocycles. The van der Waals surface area contributed by atoms with Crippen LogP contribution in [0.25, 0.3) is 0 Å². The molecule has 0 bridgehead atoms. The van der Waals surface area contributed by atoms with Gasteiger partial charge in [-0.2, -0.15) is 0 Å². The van der Waals surface area contributed by atoms with Gasteiger partial charge in [0.25, 0.3) is 10.0 Å². The summed E-state index contributed by atoms with van der Waals surface area (Å²) in [7, 11) is -4.34. The molecule has 4 aromatic carbocycles. The minimum atomic E-state index is -4.34. The van der Waals surface area contributed by atoms with Crippen molar-refractivity contribution in [3.8, 4) is 0 Å². The second-order valence-electron chi connectivity index (χ2n) is 11.4. The lowest BCUT2D eigenvalue weighted by molar-refractivity contribution is -0.140. The summed E-state index contributed by atoms with van der Waals surface area (Å²) in [5.74, 6) is -2.15. The lowest BCUT2D eigenvalue weighted by Gasteiger charge is -2.35. The van der Waals surface area contributed by atoms with Gasteiger partial charge in [-0.15, -0.1) is 0 Å². The minimum Gasteiger partial charge on any atom is -0.350 e. The average molecular weight is 620 g/mol. The van der Waals surface area contributed by atoms with E-state index in [1.165, 1.54) is 29.2 Å². The molecule has 44 heavy (non-hydrogen) atoms. The van der Waals surface area contributed by atoms with Gasteiger partial charge in [-0.25, -0.2) is 17.2 Å². The Hall–Kier alpha value is -4.57. The van der Waals surface area contributed by atoms with Crippen molar-refractivity contribution in [1.29, 1.82) is 0 Å². The minimum absolute atomic E-state index is 0.0899. The third kappa shape index (κ3) is 8.50. The van der Waals surface area contributed by atoms with Crippen molar-refractivity contribution in [2.24, 2.45) is 0 Å². The van der Waals surface area contributed by atoms with E-state index < -0.39 is 51.6 Å². The highest BCUT2D eigenvalue weighted by atomic mass is 32.2. The van der Waals surface area contributed by atoms with Crippen LogP contribution in [-0.2, 0) is 32.6 Å². The van der Waals surface area contributed by atoms with Gasteiger partial charge in [-0.05, 0) is 80.4 Å². The summed E-state index contributed by atoms with van der Waals surface area (Å²) in [6.45, 7) is 4.72. The standard InChI is InChI=1S/C34H35F2N3O4S/c1-34(2,3)37-33(41)31(22-25-10-6-4-7-11-25)38(23-26-14-16-27(35)17-15-26)32(40)24-39(29-12-8-5-9-13-29)44(42,43)30-20-18-28(36)19-21-30/h4-21,31H,22-24H2,1-3H3,(H,37,41). The summed E-state index contributed by atoms with van der Waals surface area (Å²) >= 11 is 0. The number of carbonyl (C=O) groups is 2. The van der Waals surface area contributed by atoms with Gasteiger partial charge in [0.1, 0.15) is 24.2 Å². The Morgan fingerprint density at radius 1 is 0.750 bits per heavy atom. The van der Waals surface area contributed by atoms with Gasteiger partial charge in [-0.1, -0.05) is 60.7 Å². The second-order valence-corrected chi connectivity index (χ2v) is 13.3. The third-order valence-corrected chi connectivity index (χ3v) is 8.55. The fourth-order valence-electron chi connectivity index (χ4n) is 4.65. The second kappa shape index (κ2) is 13.8. The van der Waals surface area contributed by atoms with Gasteiger partial charge in [-0.3, -0.25) is 13.9 Å². The number of amides is 2. The first-order valence-electron chi connectivity index (χ1n) is 14.1. The Balaban J connectivity index is 1.79. The molecule has 1 N–H and O–H groups in total. The van der Waals surface area contributed by atoms with Crippen molar-refractivity contribution in [3.05, 3.63) is 132 Å². The molecule has 4 aromatic rings. The predicted octanol–water partition coefficient (Wildman–Crippen LogP) is 5.71. The van der Waals surface area contributed by atoms with Crippen molar-refractivity contribution < 1.29 is 26.8 Å². The van der Waals surface area contributed by atoms with E-state index in [0.29, 0.717) is 5.56 Å². The Kier molecular flexibility index (Phi) is 10.2. The molecule has 0 saturated heterocycles. The number of halogens is 2. The molecule has 7 nitrogen and oxygen atoms in total. The van der Waals surface area contributed by atoms with Gasteiger partial charge in [0.2, 0.25) is 11.8 Å². The molecule has 0 aliphatic rings. The molecule has 4 rings (SSSR count). The molecule has 230 valence electrons. The molecule has 10 heteroatoms. The van der Waals surface area contributed by atoms with Crippen molar-refractivity contribution in [3.63, 3.8) is 0 Å². The zero-order chi connectivity index (χ0) is 31.9. The molecular weight excluding hydrogens is 584 g/mol. The molecule has 0 aliphatic heterocycles. The van der Waals surface area contributed by atoms with E-state index in [-0.39, 0.29) is 23.5 Å². The number of sulfonamides is 1. The third-order valence-electron chi connectivity index (χ3n) is 6.76. The summed E-state index contributed by atoms with van der Waals surface area (Å²) in [5, 5.41) is 2.96. The van der Waals surface area contributed by atoms with Crippen molar-refractivity contribution in [2.75, 3.05) is 10.8 Å². The van der Waals surface area contributed by atoms with E-state index in [1.54, 1.807) is 30.3 Å². The maximum absolute atomic E-state index is 14.3. The van der Waals surface area contributed by atoms with Crippen LogP contribution in [0.5, 0.6) is 0 Å². The van der Waals surface area contributed by atoms with Crippen LogP contribution in [0.3, 0.4) is 0 Å². The van der Waals surface area contributed by atoms with Crippen LogP contribution in [0, 0.1) is 11.6 Å². The number of anilines is 1. The molecule has 0 aliphatic carbocycles. The van der Waals surface area contributed by atoms with Crippen LogP contribution < -0.4 is 9.62 Å². The lowest BCUT2D eigenvalue weighted by atomic mass is 10.0. The first kappa shape index (κ1) is 32.3. The molecule has 0 spiro atoms. The molecule has 0 aromatic heterocycles. The molecule has 0 fully saturated rings. The Labute approximate surface area is 257 Å². The van der Waals surface area contributed by atoms with E-state index in [2.05, 4.69) is 5.32 Å². The number of carbonyl (C=O) groups excluding carboxylic acids is 2. The van der Waals surface area contributed by atoms with Crippen LogP contribution in [0.1, 0.15) is 31.9 Å². The van der Waals surface area contributed by atoms with E-state index in [1.807, 2.05) is 51.1 Å². The normalized spacial score (nSPS) is 12.3. The summed E-state index contributed by atoms with van der Waals surface area (Å²) in [5.41, 5.74) is 0.926. The van der Waals surface area contributed by atoms with Gasteiger partial charge in [0.15, 0.2) is 0 Å². The average Bonchev–Trinajstić information content (AvgIpc) is 2.98. The maximum atomic E-state index is 14.3.